The quantitative estimate of drug-likeness (QED) is 0.434. The van der Waals surface area contributed by atoms with Crippen molar-refractivity contribution in [1.82, 2.24) is 4.90 Å². The van der Waals surface area contributed by atoms with Crippen molar-refractivity contribution in [2.75, 3.05) is 20.7 Å². The molecule has 1 aromatic carbocycles. The number of methoxy groups -OCH3 is 1. The molecule has 0 aliphatic heterocycles. The van der Waals surface area contributed by atoms with Crippen molar-refractivity contribution in [3.8, 4) is 0 Å². The number of benzene rings is 1. The van der Waals surface area contributed by atoms with Gasteiger partial charge >= 0.3 is 5.97 Å². The van der Waals surface area contributed by atoms with Crippen LogP contribution < -0.4 is 0 Å². The standard InChI is InChI=1S/C22H28N2O6/c1-23(12-18(25)16-3-5-17(6-4-16)24(28)29)19(26)21-8-14-7-15(9-21)11-22(10-14,13-21)20(27)30-2/h3-6,14-15,18,25H,7-13H2,1-2H3. The molecule has 4 fully saturated rings. The molecule has 0 saturated heterocycles. The highest BCUT2D eigenvalue weighted by atomic mass is 16.6. The summed E-state index contributed by atoms with van der Waals surface area (Å²) < 4.78 is 5.12. The zero-order valence-corrected chi connectivity index (χ0v) is 17.4. The molecule has 4 aliphatic rings. The lowest BCUT2D eigenvalue weighted by Crippen LogP contribution is -2.60. The van der Waals surface area contributed by atoms with Crippen LogP contribution in [-0.2, 0) is 14.3 Å². The van der Waals surface area contributed by atoms with Crippen molar-refractivity contribution in [2.45, 2.75) is 44.6 Å². The number of aliphatic hydroxyl groups is 1. The monoisotopic (exact) mass is 416 g/mol. The number of carbonyl (C=O) groups excluding carboxylic acids is 2. The maximum atomic E-state index is 13.5. The highest BCUT2D eigenvalue weighted by Crippen LogP contribution is 2.66. The number of rotatable bonds is 6. The molecule has 8 heteroatoms. The van der Waals surface area contributed by atoms with E-state index in [2.05, 4.69) is 0 Å². The van der Waals surface area contributed by atoms with Gasteiger partial charge in [-0.3, -0.25) is 19.7 Å². The number of esters is 1. The van der Waals surface area contributed by atoms with Gasteiger partial charge in [0.25, 0.3) is 5.69 Å². The lowest BCUT2D eigenvalue weighted by Gasteiger charge is -2.60. The van der Waals surface area contributed by atoms with E-state index in [9.17, 15) is 24.8 Å². The summed E-state index contributed by atoms with van der Waals surface area (Å²) in [6.07, 6.45) is 3.85. The zero-order chi connectivity index (χ0) is 21.7. The summed E-state index contributed by atoms with van der Waals surface area (Å²) in [4.78, 5) is 38.0. The Kier molecular flexibility index (Phi) is 5.08. The van der Waals surface area contributed by atoms with E-state index in [4.69, 9.17) is 4.74 Å². The van der Waals surface area contributed by atoms with E-state index >= 15 is 0 Å². The second-order valence-corrected chi connectivity index (χ2v) is 9.56. The van der Waals surface area contributed by atoms with Crippen LogP contribution in [0.1, 0.15) is 50.2 Å². The molecular weight excluding hydrogens is 388 g/mol. The molecule has 4 aliphatic carbocycles. The Labute approximate surface area is 175 Å². The van der Waals surface area contributed by atoms with Crippen LogP contribution >= 0.6 is 0 Å². The summed E-state index contributed by atoms with van der Waals surface area (Å²) in [6, 6.07) is 5.72. The van der Waals surface area contributed by atoms with Gasteiger partial charge in [0, 0.05) is 19.2 Å². The number of likely N-dealkylation sites (N-methyl/N-ethyl adjacent to an activating group) is 1. The molecule has 1 aromatic rings. The van der Waals surface area contributed by atoms with E-state index in [-0.39, 0.29) is 24.1 Å². The summed E-state index contributed by atoms with van der Waals surface area (Å²) in [7, 11) is 3.10. The molecule has 3 atom stereocenters. The molecule has 0 aromatic heterocycles. The van der Waals surface area contributed by atoms with Crippen molar-refractivity contribution in [2.24, 2.45) is 22.7 Å². The molecule has 0 spiro atoms. The summed E-state index contributed by atoms with van der Waals surface area (Å²) in [6.45, 7) is 0.0962. The van der Waals surface area contributed by atoms with Gasteiger partial charge in [0.05, 0.1) is 35.5 Å². The third kappa shape index (κ3) is 3.37. The average molecular weight is 416 g/mol. The first-order valence-corrected chi connectivity index (χ1v) is 10.4. The van der Waals surface area contributed by atoms with Gasteiger partial charge < -0.3 is 14.7 Å². The maximum absolute atomic E-state index is 13.5. The summed E-state index contributed by atoms with van der Waals surface area (Å²) >= 11 is 0. The topological polar surface area (TPSA) is 110 Å². The van der Waals surface area contributed by atoms with Crippen molar-refractivity contribution < 1.29 is 24.4 Å². The summed E-state index contributed by atoms with van der Waals surface area (Å²) in [5.74, 6) is 0.512. The van der Waals surface area contributed by atoms with Gasteiger partial charge in [0.15, 0.2) is 0 Å². The molecule has 0 heterocycles. The van der Waals surface area contributed by atoms with Crippen LogP contribution in [-0.4, -0.2) is 47.5 Å². The second-order valence-electron chi connectivity index (χ2n) is 9.56. The Morgan fingerprint density at radius 1 is 1.20 bits per heavy atom. The number of amides is 1. The van der Waals surface area contributed by atoms with E-state index in [0.29, 0.717) is 23.8 Å². The van der Waals surface area contributed by atoms with E-state index in [0.717, 1.165) is 32.1 Å². The first-order chi connectivity index (χ1) is 14.2. The first-order valence-electron chi connectivity index (χ1n) is 10.4. The van der Waals surface area contributed by atoms with Crippen LogP contribution in [0, 0.1) is 32.8 Å². The second kappa shape index (κ2) is 7.34. The van der Waals surface area contributed by atoms with Crippen LogP contribution in [0.25, 0.3) is 0 Å². The van der Waals surface area contributed by atoms with Gasteiger partial charge in [0.2, 0.25) is 5.91 Å². The lowest BCUT2D eigenvalue weighted by molar-refractivity contribution is -0.384. The molecule has 8 nitrogen and oxygen atoms in total. The van der Waals surface area contributed by atoms with Crippen molar-refractivity contribution in [3.05, 3.63) is 39.9 Å². The SMILES string of the molecule is COC(=O)C12CC3CC(C1)CC(C(=O)N(C)CC(O)c1ccc([N+](=O)[O-])cc1)(C3)C2. The van der Waals surface area contributed by atoms with Crippen molar-refractivity contribution >= 4 is 17.6 Å². The minimum Gasteiger partial charge on any atom is -0.469 e. The highest BCUT2D eigenvalue weighted by Gasteiger charge is 2.64. The lowest BCUT2D eigenvalue weighted by atomic mass is 9.44. The molecule has 162 valence electrons. The van der Waals surface area contributed by atoms with E-state index in [1.165, 1.54) is 31.4 Å². The number of nitro groups is 1. The van der Waals surface area contributed by atoms with Crippen LogP contribution in [0.3, 0.4) is 0 Å². The summed E-state index contributed by atoms with van der Waals surface area (Å²) in [5, 5.41) is 21.4. The summed E-state index contributed by atoms with van der Waals surface area (Å²) in [5.41, 5.74) is -0.636. The number of aliphatic hydroxyl groups excluding tert-OH is 1. The van der Waals surface area contributed by atoms with Gasteiger partial charge in [-0.1, -0.05) is 0 Å². The third-order valence-corrected chi connectivity index (χ3v) is 7.42. The molecule has 4 saturated carbocycles. The molecule has 1 amide bonds. The Morgan fingerprint density at radius 3 is 2.30 bits per heavy atom. The van der Waals surface area contributed by atoms with Crippen LogP contribution in [0.15, 0.2) is 24.3 Å². The van der Waals surface area contributed by atoms with E-state index in [1.54, 1.807) is 11.9 Å². The fourth-order valence-electron chi connectivity index (χ4n) is 6.64. The van der Waals surface area contributed by atoms with Gasteiger partial charge in [-0.25, -0.2) is 0 Å². The van der Waals surface area contributed by atoms with Crippen LogP contribution in [0.5, 0.6) is 0 Å². The Bertz CT molecular complexity index is 853. The van der Waals surface area contributed by atoms with Crippen LogP contribution in [0.4, 0.5) is 5.69 Å². The van der Waals surface area contributed by atoms with Gasteiger partial charge in [0.1, 0.15) is 0 Å². The normalized spacial score (nSPS) is 32.5. The molecule has 30 heavy (non-hydrogen) atoms. The van der Waals surface area contributed by atoms with E-state index < -0.39 is 21.9 Å². The molecule has 4 bridgehead atoms. The number of nitro benzene ring substituents is 1. The number of hydrogen-bond donors (Lipinski definition) is 1. The highest BCUT2D eigenvalue weighted by molar-refractivity contribution is 5.86. The minimum absolute atomic E-state index is 0.0224. The van der Waals surface area contributed by atoms with E-state index in [1.807, 2.05) is 0 Å². The number of non-ortho nitro benzene ring substituents is 1. The minimum atomic E-state index is -0.941. The third-order valence-electron chi connectivity index (χ3n) is 7.42. The van der Waals surface area contributed by atoms with Crippen molar-refractivity contribution in [3.63, 3.8) is 0 Å². The largest absolute Gasteiger partial charge is 0.469 e. The van der Waals surface area contributed by atoms with Gasteiger partial charge in [-0.05, 0) is 68.1 Å². The number of carbonyl (C=O) groups is 2. The molecule has 5 rings (SSSR count). The Hall–Kier alpha value is -2.48. The van der Waals surface area contributed by atoms with Gasteiger partial charge in [-0.2, -0.15) is 0 Å². The first kappa shape index (κ1) is 20.8. The fraction of sp³-hybridized carbons (Fsp3) is 0.636. The predicted molar refractivity (Wildman–Crippen MR) is 107 cm³/mol. The molecule has 1 N–H and O–H groups in total. The Balaban J connectivity index is 1.49. The fourth-order valence-corrected chi connectivity index (χ4v) is 6.64. The van der Waals surface area contributed by atoms with Gasteiger partial charge in [-0.15, -0.1) is 0 Å². The maximum Gasteiger partial charge on any atom is 0.311 e. The average Bonchev–Trinajstić information content (AvgIpc) is 2.71. The Morgan fingerprint density at radius 2 is 1.77 bits per heavy atom. The number of nitrogens with zero attached hydrogens (tertiary/aromatic N) is 2. The molecule has 0 radical (unpaired) electrons. The van der Waals surface area contributed by atoms with Crippen LogP contribution in [0.2, 0.25) is 0 Å². The molecular formula is C22H28N2O6. The number of hydrogen-bond acceptors (Lipinski definition) is 6. The smallest absolute Gasteiger partial charge is 0.311 e. The number of ether oxygens (including phenoxy) is 1. The zero-order valence-electron chi connectivity index (χ0n) is 17.4. The predicted octanol–water partition coefficient (Wildman–Crippen LogP) is 2.85. The van der Waals surface area contributed by atoms with Crippen molar-refractivity contribution in [1.29, 1.82) is 0 Å². The molecule has 3 unspecified atom stereocenters.